The molecule has 0 aliphatic carbocycles. The summed E-state index contributed by atoms with van der Waals surface area (Å²) in [7, 11) is 1.74. The van der Waals surface area contributed by atoms with Crippen LogP contribution in [0.4, 0.5) is 0 Å². The third kappa shape index (κ3) is 3.17. The van der Waals surface area contributed by atoms with Gasteiger partial charge in [0.25, 0.3) is 0 Å². The Morgan fingerprint density at radius 2 is 2.12 bits per heavy atom. The molecule has 4 rings (SSSR count). The molecule has 1 unspecified atom stereocenters. The van der Waals surface area contributed by atoms with Crippen molar-refractivity contribution in [3.8, 4) is 11.3 Å². The lowest BCUT2D eigenvalue weighted by molar-refractivity contribution is -0.130. The highest BCUT2D eigenvalue weighted by Crippen LogP contribution is 2.27. The maximum absolute atomic E-state index is 12.1. The highest BCUT2D eigenvalue weighted by Gasteiger charge is 2.27. The number of nitrogens with zero attached hydrogens (tertiary/aromatic N) is 3. The molecule has 0 spiro atoms. The topological polar surface area (TPSA) is 49.6 Å². The quantitative estimate of drug-likeness (QED) is 0.755. The van der Waals surface area contributed by atoms with Crippen molar-refractivity contribution < 1.29 is 4.79 Å². The van der Waals surface area contributed by atoms with Crippen molar-refractivity contribution in [2.45, 2.75) is 26.3 Å². The molecule has 1 amide bonds. The molecule has 3 aromatic heterocycles. The van der Waals surface area contributed by atoms with E-state index in [0.29, 0.717) is 12.2 Å². The van der Waals surface area contributed by atoms with Crippen molar-refractivity contribution in [2.24, 2.45) is 0 Å². The summed E-state index contributed by atoms with van der Waals surface area (Å²) in [6, 6.07) is 6.02. The number of thiophene rings is 1. The molecule has 25 heavy (non-hydrogen) atoms. The summed E-state index contributed by atoms with van der Waals surface area (Å²) in [5.41, 5.74) is 4.15. The van der Waals surface area contributed by atoms with E-state index in [2.05, 4.69) is 44.3 Å². The summed E-state index contributed by atoms with van der Waals surface area (Å²) < 4.78 is 2.07. The number of hydrogen-bond donors (Lipinski definition) is 1. The van der Waals surface area contributed by atoms with Crippen LogP contribution in [0.25, 0.3) is 16.9 Å². The van der Waals surface area contributed by atoms with Gasteiger partial charge < -0.3 is 10.2 Å². The molecule has 0 aromatic carbocycles. The number of carbonyl (C=O) groups is 1. The minimum atomic E-state index is -0.0617. The molecule has 1 fully saturated rings. The molecule has 1 atom stereocenters. The van der Waals surface area contributed by atoms with Gasteiger partial charge in [-0.2, -0.15) is 11.3 Å². The molecule has 130 valence electrons. The summed E-state index contributed by atoms with van der Waals surface area (Å²) in [5.74, 6) is 0.706. The summed E-state index contributed by atoms with van der Waals surface area (Å²) >= 11 is 1.66. The van der Waals surface area contributed by atoms with Crippen LogP contribution in [0, 0.1) is 0 Å². The first-order valence-electron chi connectivity index (χ1n) is 8.35. The number of fused-ring (bicyclic) bond motifs is 1. The highest BCUT2D eigenvalue weighted by atomic mass is 32.1. The molecular weight excluding hydrogens is 332 g/mol. The second-order valence-corrected chi connectivity index (χ2v) is 6.43. The molecule has 1 N–H and O–H groups in total. The number of amides is 1. The fourth-order valence-electron chi connectivity index (χ4n) is 2.84. The van der Waals surface area contributed by atoms with Crippen LogP contribution in [0.2, 0.25) is 0 Å². The lowest BCUT2D eigenvalue weighted by atomic mass is 10.0. The minimum Gasteiger partial charge on any atom is -0.365 e. The van der Waals surface area contributed by atoms with Crippen LogP contribution < -0.4 is 5.32 Å². The van der Waals surface area contributed by atoms with Crippen molar-refractivity contribution in [2.75, 3.05) is 7.05 Å². The number of rotatable bonds is 2. The van der Waals surface area contributed by atoms with Crippen molar-refractivity contribution >= 4 is 22.9 Å². The highest BCUT2D eigenvalue weighted by molar-refractivity contribution is 7.08. The third-order valence-electron chi connectivity index (χ3n) is 4.25. The molecule has 0 radical (unpaired) electrons. The second-order valence-electron chi connectivity index (χ2n) is 5.65. The van der Waals surface area contributed by atoms with Crippen LogP contribution in [0.3, 0.4) is 0 Å². The van der Waals surface area contributed by atoms with E-state index in [-0.39, 0.29) is 11.9 Å². The largest absolute Gasteiger partial charge is 0.365 e. The average Bonchev–Trinajstić information content (AvgIpc) is 3.29. The van der Waals surface area contributed by atoms with E-state index in [9.17, 15) is 4.79 Å². The van der Waals surface area contributed by atoms with Crippen molar-refractivity contribution in [3.63, 3.8) is 0 Å². The summed E-state index contributed by atoms with van der Waals surface area (Å²) in [4.78, 5) is 18.1. The Labute approximate surface area is 151 Å². The van der Waals surface area contributed by atoms with Gasteiger partial charge in [0.15, 0.2) is 0 Å². The molecule has 1 aliphatic rings. The average molecular weight is 354 g/mol. The number of imidazole rings is 1. The van der Waals surface area contributed by atoms with Crippen molar-refractivity contribution in [1.82, 2.24) is 19.6 Å². The fourth-order valence-corrected chi connectivity index (χ4v) is 3.49. The van der Waals surface area contributed by atoms with Crippen LogP contribution in [-0.2, 0) is 4.79 Å². The Morgan fingerprint density at radius 1 is 1.32 bits per heavy atom. The number of aromatic nitrogens is 2. The van der Waals surface area contributed by atoms with E-state index in [1.54, 1.807) is 23.3 Å². The van der Waals surface area contributed by atoms with E-state index in [0.717, 1.165) is 22.5 Å². The third-order valence-corrected chi connectivity index (χ3v) is 4.93. The number of pyridine rings is 1. The Balaban J connectivity index is 0.000000880. The lowest BCUT2D eigenvalue weighted by Gasteiger charge is -2.32. The number of carbonyl (C=O) groups excluding carboxylic acids is 1. The first kappa shape index (κ1) is 17.2. The van der Waals surface area contributed by atoms with E-state index in [1.807, 2.05) is 32.2 Å². The Hall–Kier alpha value is -2.60. The maximum atomic E-state index is 12.1. The zero-order valence-electron chi connectivity index (χ0n) is 14.7. The van der Waals surface area contributed by atoms with Gasteiger partial charge in [0.1, 0.15) is 11.5 Å². The lowest BCUT2D eigenvalue weighted by Crippen LogP contribution is -2.42. The van der Waals surface area contributed by atoms with Crippen molar-refractivity contribution in [3.05, 3.63) is 59.3 Å². The normalized spacial score (nSPS) is 17.2. The van der Waals surface area contributed by atoms with Gasteiger partial charge in [-0.3, -0.25) is 9.20 Å². The van der Waals surface area contributed by atoms with Crippen LogP contribution >= 0.6 is 11.3 Å². The Bertz CT molecular complexity index is 879. The predicted octanol–water partition coefficient (Wildman–Crippen LogP) is 4.05. The molecule has 1 saturated heterocycles. The molecule has 5 nitrogen and oxygen atoms in total. The number of nitrogens with one attached hydrogen (secondary N) is 1. The first-order chi connectivity index (χ1) is 12.1. The first-order valence-corrected chi connectivity index (χ1v) is 9.29. The Kier molecular flexibility index (Phi) is 4.90. The van der Waals surface area contributed by atoms with Crippen LogP contribution in [-0.4, -0.2) is 27.2 Å². The van der Waals surface area contributed by atoms with Gasteiger partial charge in [-0.25, -0.2) is 4.98 Å². The van der Waals surface area contributed by atoms with E-state index < -0.39 is 0 Å². The van der Waals surface area contributed by atoms with Gasteiger partial charge in [-0.15, -0.1) is 0 Å². The van der Waals surface area contributed by atoms with E-state index >= 15 is 0 Å². The second kappa shape index (κ2) is 7.11. The monoisotopic (exact) mass is 354 g/mol. The van der Waals surface area contributed by atoms with Gasteiger partial charge in [-0.1, -0.05) is 26.5 Å². The van der Waals surface area contributed by atoms with Gasteiger partial charge >= 0.3 is 0 Å². The van der Waals surface area contributed by atoms with Gasteiger partial charge in [0.05, 0.1) is 24.4 Å². The Morgan fingerprint density at radius 3 is 2.80 bits per heavy atom. The number of hydrogen-bond acceptors (Lipinski definition) is 4. The zero-order valence-corrected chi connectivity index (χ0v) is 15.5. The molecule has 4 heterocycles. The predicted molar refractivity (Wildman–Crippen MR) is 102 cm³/mol. The molecule has 0 bridgehead atoms. The maximum Gasteiger partial charge on any atom is 0.230 e. The van der Waals surface area contributed by atoms with Crippen molar-refractivity contribution in [1.29, 1.82) is 0 Å². The van der Waals surface area contributed by atoms with E-state index in [4.69, 9.17) is 0 Å². The van der Waals surface area contributed by atoms with E-state index in [1.165, 1.54) is 0 Å². The minimum absolute atomic E-state index is 0.0617. The van der Waals surface area contributed by atoms with Crippen LogP contribution in [0.1, 0.15) is 31.9 Å². The van der Waals surface area contributed by atoms with Gasteiger partial charge in [-0.05, 0) is 23.1 Å². The summed E-state index contributed by atoms with van der Waals surface area (Å²) in [5, 5.41) is 7.46. The van der Waals surface area contributed by atoms with Crippen LogP contribution in [0.15, 0.2) is 53.8 Å². The SMILES string of the molecule is C=C1NC(c2ccc3ncc(-c4ccsc4)n3c2)CC(=O)N1C.CC. The molecular formula is C19H22N4OS. The molecule has 6 heteroatoms. The summed E-state index contributed by atoms with van der Waals surface area (Å²) in [6.45, 7) is 7.91. The van der Waals surface area contributed by atoms with Crippen LogP contribution in [0.5, 0.6) is 0 Å². The zero-order chi connectivity index (χ0) is 18.0. The summed E-state index contributed by atoms with van der Waals surface area (Å²) in [6.07, 6.45) is 4.36. The smallest absolute Gasteiger partial charge is 0.230 e. The van der Waals surface area contributed by atoms with Gasteiger partial charge in [0.2, 0.25) is 5.91 Å². The molecule has 3 aromatic rings. The molecule has 0 saturated carbocycles. The standard InChI is InChI=1S/C17H16N4OS.C2H6/c1-11-19-14(7-17(22)20(11)2)12-3-4-16-18-8-15(21(16)9-12)13-5-6-23-10-13;1-2/h3-6,8-10,14,19H,1,7H2,2H3;1-2H3. The van der Waals surface area contributed by atoms with Gasteiger partial charge in [0, 0.05) is 24.2 Å². The fraction of sp³-hybridized carbons (Fsp3) is 0.263. The molecule has 1 aliphatic heterocycles.